The minimum Gasteiger partial charge on any atom is -0.494 e. The minimum absolute atomic E-state index is 0.0464. The SMILES string of the molecule is COc1ccc(N2C(=O)CC[C@H]2c2nc3cc(-c4c(C)noc4C)ccc3n2C2CCOC(C)C2)cc1F. The second-order valence-electron chi connectivity index (χ2n) is 10.2. The highest BCUT2D eigenvalue weighted by molar-refractivity contribution is 5.96. The zero-order valence-corrected chi connectivity index (χ0v) is 22.0. The first-order valence-corrected chi connectivity index (χ1v) is 13.1. The molecule has 0 saturated carbocycles. The van der Waals surface area contributed by atoms with Crippen molar-refractivity contribution < 1.29 is 23.2 Å². The summed E-state index contributed by atoms with van der Waals surface area (Å²) in [5.41, 5.74) is 5.14. The third kappa shape index (κ3) is 4.05. The van der Waals surface area contributed by atoms with Crippen molar-refractivity contribution in [3.63, 3.8) is 0 Å². The number of amides is 1. The first-order valence-electron chi connectivity index (χ1n) is 13.1. The molecule has 0 aliphatic carbocycles. The molecule has 0 radical (unpaired) electrons. The number of rotatable bonds is 5. The Labute approximate surface area is 220 Å². The Bertz CT molecular complexity index is 1510. The van der Waals surface area contributed by atoms with Gasteiger partial charge in [0.05, 0.1) is 36.0 Å². The Kier molecular flexibility index (Phi) is 6.18. The fourth-order valence-electron chi connectivity index (χ4n) is 6.05. The van der Waals surface area contributed by atoms with Crippen LogP contribution in [0.4, 0.5) is 10.1 Å². The summed E-state index contributed by atoms with van der Waals surface area (Å²) >= 11 is 0. The van der Waals surface area contributed by atoms with Gasteiger partial charge in [-0.3, -0.25) is 4.79 Å². The summed E-state index contributed by atoms with van der Waals surface area (Å²) in [5, 5.41) is 4.11. The van der Waals surface area contributed by atoms with Gasteiger partial charge in [-0.1, -0.05) is 11.2 Å². The maximum atomic E-state index is 14.7. The third-order valence-corrected chi connectivity index (χ3v) is 7.79. The van der Waals surface area contributed by atoms with Crippen LogP contribution >= 0.6 is 0 Å². The normalized spacial score (nSPS) is 22.0. The maximum Gasteiger partial charge on any atom is 0.227 e. The number of hydrogen-bond donors (Lipinski definition) is 0. The molecular weight excluding hydrogens is 487 g/mol. The molecule has 2 unspecified atom stereocenters. The molecule has 8 nitrogen and oxygen atoms in total. The van der Waals surface area contributed by atoms with E-state index in [1.165, 1.54) is 13.2 Å². The average Bonchev–Trinajstić information content (AvgIpc) is 3.57. The lowest BCUT2D eigenvalue weighted by molar-refractivity contribution is -0.117. The van der Waals surface area contributed by atoms with E-state index < -0.39 is 5.82 Å². The van der Waals surface area contributed by atoms with Gasteiger partial charge in [0.25, 0.3) is 0 Å². The second kappa shape index (κ2) is 9.54. The molecule has 4 heterocycles. The molecule has 2 aliphatic heterocycles. The highest BCUT2D eigenvalue weighted by atomic mass is 19.1. The van der Waals surface area contributed by atoms with Gasteiger partial charge < -0.3 is 23.5 Å². The molecule has 2 aliphatic rings. The van der Waals surface area contributed by atoms with Crippen LogP contribution in [0.15, 0.2) is 40.9 Å². The minimum atomic E-state index is -0.501. The number of ether oxygens (including phenoxy) is 2. The van der Waals surface area contributed by atoms with E-state index in [2.05, 4.69) is 34.8 Å². The van der Waals surface area contributed by atoms with E-state index in [0.29, 0.717) is 25.1 Å². The number of carbonyl (C=O) groups is 1. The third-order valence-electron chi connectivity index (χ3n) is 7.79. The van der Waals surface area contributed by atoms with E-state index in [-0.39, 0.29) is 29.8 Å². The van der Waals surface area contributed by atoms with Gasteiger partial charge in [0, 0.05) is 36.4 Å². The van der Waals surface area contributed by atoms with Crippen molar-refractivity contribution in [3.05, 3.63) is 59.5 Å². The largest absolute Gasteiger partial charge is 0.494 e. The average molecular weight is 519 g/mol. The van der Waals surface area contributed by atoms with Gasteiger partial charge in [0.1, 0.15) is 11.6 Å². The molecule has 6 rings (SSSR count). The Morgan fingerprint density at radius 3 is 2.68 bits per heavy atom. The Balaban J connectivity index is 1.50. The summed E-state index contributed by atoms with van der Waals surface area (Å²) < 4.78 is 33.3. The number of nitrogens with zero attached hydrogens (tertiary/aromatic N) is 4. The van der Waals surface area contributed by atoms with Crippen molar-refractivity contribution in [2.24, 2.45) is 0 Å². The number of methoxy groups -OCH3 is 1. The predicted molar refractivity (Wildman–Crippen MR) is 141 cm³/mol. The molecule has 0 N–H and O–H groups in total. The topological polar surface area (TPSA) is 82.6 Å². The maximum absolute atomic E-state index is 14.7. The number of imidazole rings is 1. The van der Waals surface area contributed by atoms with Crippen LogP contribution in [-0.4, -0.2) is 40.4 Å². The number of hydrogen-bond acceptors (Lipinski definition) is 6. The molecule has 38 heavy (non-hydrogen) atoms. The summed E-state index contributed by atoms with van der Waals surface area (Å²) in [7, 11) is 1.43. The quantitative estimate of drug-likeness (QED) is 0.319. The zero-order valence-electron chi connectivity index (χ0n) is 22.0. The number of halogens is 1. The first-order chi connectivity index (χ1) is 18.4. The second-order valence-corrected chi connectivity index (χ2v) is 10.2. The Morgan fingerprint density at radius 2 is 1.97 bits per heavy atom. The number of anilines is 1. The molecule has 1 amide bonds. The van der Waals surface area contributed by atoms with Crippen LogP contribution in [0.2, 0.25) is 0 Å². The van der Waals surface area contributed by atoms with Crippen LogP contribution in [0.25, 0.3) is 22.2 Å². The molecule has 2 saturated heterocycles. The fraction of sp³-hybridized carbons (Fsp3) is 0.414. The van der Waals surface area contributed by atoms with Crippen molar-refractivity contribution in [1.82, 2.24) is 14.7 Å². The monoisotopic (exact) mass is 518 g/mol. The number of carbonyl (C=O) groups excluding carboxylic acids is 1. The Hall–Kier alpha value is -3.72. The number of aromatic nitrogens is 3. The highest BCUT2D eigenvalue weighted by Gasteiger charge is 2.38. The summed E-state index contributed by atoms with van der Waals surface area (Å²) in [6, 6.07) is 10.8. The van der Waals surface area contributed by atoms with Crippen LogP contribution in [0.1, 0.15) is 62.0 Å². The molecule has 2 fully saturated rings. The smallest absolute Gasteiger partial charge is 0.227 e. The van der Waals surface area contributed by atoms with E-state index >= 15 is 0 Å². The van der Waals surface area contributed by atoms with Crippen LogP contribution in [0.3, 0.4) is 0 Å². The van der Waals surface area contributed by atoms with Crippen LogP contribution in [-0.2, 0) is 9.53 Å². The van der Waals surface area contributed by atoms with Crippen molar-refractivity contribution in [1.29, 1.82) is 0 Å². The summed E-state index contributed by atoms with van der Waals surface area (Å²) in [4.78, 5) is 20.0. The van der Waals surface area contributed by atoms with Crippen molar-refractivity contribution in [2.45, 2.75) is 64.6 Å². The van der Waals surface area contributed by atoms with E-state index in [0.717, 1.165) is 52.3 Å². The molecule has 9 heteroatoms. The van der Waals surface area contributed by atoms with Gasteiger partial charge in [0.15, 0.2) is 11.6 Å². The van der Waals surface area contributed by atoms with Gasteiger partial charge in [0.2, 0.25) is 5.91 Å². The number of aryl methyl sites for hydroxylation is 2. The highest BCUT2D eigenvalue weighted by Crippen LogP contribution is 2.42. The first kappa shape index (κ1) is 24.6. The molecule has 0 spiro atoms. The van der Waals surface area contributed by atoms with E-state index in [1.807, 2.05) is 13.8 Å². The van der Waals surface area contributed by atoms with E-state index in [1.54, 1.807) is 17.0 Å². The lowest BCUT2D eigenvalue weighted by Crippen LogP contribution is -2.32. The summed E-state index contributed by atoms with van der Waals surface area (Å²) in [6.07, 6.45) is 2.80. The fourth-order valence-corrected chi connectivity index (χ4v) is 6.05. The Morgan fingerprint density at radius 1 is 1.13 bits per heavy atom. The number of benzene rings is 2. The molecule has 3 atom stereocenters. The van der Waals surface area contributed by atoms with Gasteiger partial charge in [-0.25, -0.2) is 9.37 Å². The van der Waals surface area contributed by atoms with Gasteiger partial charge in [-0.05, 0) is 69.9 Å². The lowest BCUT2D eigenvalue weighted by Gasteiger charge is -2.32. The molecule has 198 valence electrons. The lowest BCUT2D eigenvalue weighted by atomic mass is 10.0. The summed E-state index contributed by atoms with van der Waals surface area (Å²) in [5.74, 6) is 1.17. The van der Waals surface area contributed by atoms with Crippen LogP contribution in [0.5, 0.6) is 5.75 Å². The molecule has 2 aromatic carbocycles. The number of fused-ring (bicyclic) bond motifs is 1. The van der Waals surface area contributed by atoms with Crippen LogP contribution in [0, 0.1) is 19.7 Å². The molecular formula is C29H31FN4O4. The van der Waals surface area contributed by atoms with Gasteiger partial charge in [-0.2, -0.15) is 0 Å². The van der Waals surface area contributed by atoms with Gasteiger partial charge >= 0.3 is 0 Å². The predicted octanol–water partition coefficient (Wildman–Crippen LogP) is 6.06. The molecule has 4 aromatic rings. The molecule has 2 aromatic heterocycles. The van der Waals surface area contributed by atoms with Crippen molar-refractivity contribution >= 4 is 22.6 Å². The molecule has 0 bridgehead atoms. The van der Waals surface area contributed by atoms with Crippen LogP contribution < -0.4 is 9.64 Å². The van der Waals surface area contributed by atoms with Crippen molar-refractivity contribution in [3.8, 4) is 16.9 Å². The van der Waals surface area contributed by atoms with E-state index in [9.17, 15) is 9.18 Å². The zero-order chi connectivity index (χ0) is 26.6. The van der Waals surface area contributed by atoms with Gasteiger partial charge in [-0.15, -0.1) is 0 Å². The summed E-state index contributed by atoms with van der Waals surface area (Å²) in [6.45, 7) is 6.59. The van der Waals surface area contributed by atoms with Crippen molar-refractivity contribution in [2.75, 3.05) is 18.6 Å². The van der Waals surface area contributed by atoms with E-state index in [4.69, 9.17) is 19.0 Å². The standard InChI is InChI=1S/C29H31FN4O4/c1-16-13-21(11-12-37-16)34-24-7-5-19(28-17(2)32-38-18(28)3)14-23(24)31-29(34)25-8-10-27(35)33(25)20-6-9-26(36-4)22(30)15-20/h5-7,9,14-16,21,25H,8,10-13H2,1-4H3/t16?,21?,25-/m0/s1.